The van der Waals surface area contributed by atoms with Crippen LogP contribution in [-0.4, -0.2) is 42.6 Å². The second-order valence-corrected chi connectivity index (χ2v) is 7.74. The minimum atomic E-state index is -0.245. The van der Waals surface area contributed by atoms with Crippen LogP contribution in [0.4, 0.5) is 0 Å². The monoisotopic (exact) mass is 364 g/mol. The Morgan fingerprint density at radius 1 is 1.36 bits per heavy atom. The fourth-order valence-electron chi connectivity index (χ4n) is 4.64. The van der Waals surface area contributed by atoms with E-state index in [1.165, 1.54) is 0 Å². The van der Waals surface area contributed by atoms with Crippen LogP contribution in [0.3, 0.4) is 0 Å². The SMILES string of the molecule is NCCC(=O)N1CCC2(CC1)Oc1ccc(Cl)cc1[C@H]1OCCC[C@@H]12. The lowest BCUT2D eigenvalue weighted by atomic mass is 9.70. The van der Waals surface area contributed by atoms with E-state index < -0.39 is 0 Å². The van der Waals surface area contributed by atoms with Gasteiger partial charge in [-0.3, -0.25) is 4.79 Å². The highest BCUT2D eigenvalue weighted by molar-refractivity contribution is 6.30. The number of carbonyl (C=O) groups is 1. The van der Waals surface area contributed by atoms with Gasteiger partial charge in [0.05, 0.1) is 6.10 Å². The van der Waals surface area contributed by atoms with Gasteiger partial charge in [-0.15, -0.1) is 0 Å². The number of carbonyl (C=O) groups excluding carboxylic acids is 1. The molecule has 2 atom stereocenters. The number of fused-ring (bicyclic) bond motifs is 4. The second kappa shape index (κ2) is 6.78. The van der Waals surface area contributed by atoms with Gasteiger partial charge < -0.3 is 20.1 Å². The summed E-state index contributed by atoms with van der Waals surface area (Å²) >= 11 is 6.20. The molecule has 0 saturated carbocycles. The van der Waals surface area contributed by atoms with Crippen LogP contribution < -0.4 is 10.5 Å². The predicted octanol–water partition coefficient (Wildman–Crippen LogP) is 2.91. The molecule has 0 bridgehead atoms. The summed E-state index contributed by atoms with van der Waals surface area (Å²) in [5.41, 5.74) is 6.35. The second-order valence-electron chi connectivity index (χ2n) is 7.31. The largest absolute Gasteiger partial charge is 0.486 e. The Labute approximate surface area is 153 Å². The molecule has 3 aliphatic heterocycles. The van der Waals surface area contributed by atoms with Crippen molar-refractivity contribution in [2.24, 2.45) is 11.7 Å². The number of nitrogens with zero attached hydrogens (tertiary/aromatic N) is 1. The molecule has 0 unspecified atom stereocenters. The molecule has 1 aromatic carbocycles. The van der Waals surface area contributed by atoms with Gasteiger partial charge in [-0.05, 0) is 31.0 Å². The van der Waals surface area contributed by atoms with Crippen LogP contribution in [0.25, 0.3) is 0 Å². The van der Waals surface area contributed by atoms with Crippen molar-refractivity contribution in [2.45, 2.75) is 43.8 Å². The van der Waals surface area contributed by atoms with Gasteiger partial charge in [0.15, 0.2) is 0 Å². The molecule has 3 aliphatic rings. The van der Waals surface area contributed by atoms with Crippen molar-refractivity contribution in [3.05, 3.63) is 28.8 Å². The molecule has 2 saturated heterocycles. The zero-order valence-electron chi connectivity index (χ0n) is 14.4. The van der Waals surface area contributed by atoms with Gasteiger partial charge in [0.2, 0.25) is 5.91 Å². The average molecular weight is 365 g/mol. The molecule has 2 fully saturated rings. The lowest BCUT2D eigenvalue weighted by Gasteiger charge is -2.53. The van der Waals surface area contributed by atoms with Crippen molar-refractivity contribution in [2.75, 3.05) is 26.2 Å². The van der Waals surface area contributed by atoms with Crippen molar-refractivity contribution in [3.8, 4) is 5.75 Å². The number of nitrogens with two attached hydrogens (primary N) is 1. The zero-order valence-corrected chi connectivity index (χ0v) is 15.1. The lowest BCUT2D eigenvalue weighted by Crippen LogP contribution is -2.57. The Kier molecular flexibility index (Phi) is 4.65. The molecule has 3 heterocycles. The van der Waals surface area contributed by atoms with Crippen LogP contribution in [0.15, 0.2) is 18.2 Å². The minimum absolute atomic E-state index is 0.0440. The van der Waals surface area contributed by atoms with Crippen LogP contribution >= 0.6 is 11.6 Å². The molecule has 0 aliphatic carbocycles. The summed E-state index contributed by atoms with van der Waals surface area (Å²) in [6.45, 7) is 2.64. The third-order valence-corrected chi connectivity index (χ3v) is 6.15. The van der Waals surface area contributed by atoms with Crippen molar-refractivity contribution in [1.29, 1.82) is 0 Å². The number of hydrogen-bond donors (Lipinski definition) is 1. The smallest absolute Gasteiger partial charge is 0.223 e. The summed E-state index contributed by atoms with van der Waals surface area (Å²) in [6, 6.07) is 5.81. The third-order valence-electron chi connectivity index (χ3n) is 5.91. The van der Waals surface area contributed by atoms with Gasteiger partial charge in [0.25, 0.3) is 0 Å². The first kappa shape index (κ1) is 17.1. The molecule has 6 heteroatoms. The highest BCUT2D eigenvalue weighted by atomic mass is 35.5. The zero-order chi connectivity index (χ0) is 17.4. The third kappa shape index (κ3) is 3.03. The minimum Gasteiger partial charge on any atom is -0.486 e. The van der Waals surface area contributed by atoms with E-state index in [1.807, 2.05) is 23.1 Å². The van der Waals surface area contributed by atoms with Crippen LogP contribution in [0.1, 0.15) is 43.8 Å². The maximum absolute atomic E-state index is 12.2. The molecule has 4 rings (SSSR count). The van der Waals surface area contributed by atoms with Crippen molar-refractivity contribution < 1.29 is 14.3 Å². The number of hydrogen-bond acceptors (Lipinski definition) is 4. The first-order valence-electron chi connectivity index (χ1n) is 9.21. The Bertz CT molecular complexity index is 658. The van der Waals surface area contributed by atoms with E-state index in [-0.39, 0.29) is 17.6 Å². The van der Waals surface area contributed by atoms with E-state index in [1.54, 1.807) is 0 Å². The Morgan fingerprint density at radius 3 is 2.92 bits per heavy atom. The Morgan fingerprint density at radius 2 is 2.16 bits per heavy atom. The van der Waals surface area contributed by atoms with Crippen LogP contribution in [0.5, 0.6) is 5.75 Å². The molecule has 5 nitrogen and oxygen atoms in total. The maximum Gasteiger partial charge on any atom is 0.223 e. The van der Waals surface area contributed by atoms with Gasteiger partial charge in [-0.1, -0.05) is 11.6 Å². The van der Waals surface area contributed by atoms with Gasteiger partial charge in [0.1, 0.15) is 11.4 Å². The lowest BCUT2D eigenvalue weighted by molar-refractivity contribution is -0.156. The first-order valence-corrected chi connectivity index (χ1v) is 9.59. The van der Waals surface area contributed by atoms with Crippen LogP contribution in [0, 0.1) is 5.92 Å². The molecule has 136 valence electrons. The Hall–Kier alpha value is -1.30. The average Bonchev–Trinajstić information content (AvgIpc) is 2.64. The number of likely N-dealkylation sites (tertiary alicyclic amines) is 1. The molecule has 0 aromatic heterocycles. The quantitative estimate of drug-likeness (QED) is 0.876. The number of piperidine rings is 1. The summed E-state index contributed by atoms with van der Waals surface area (Å²) in [6.07, 6.45) is 4.30. The van der Waals surface area contributed by atoms with Gasteiger partial charge in [-0.25, -0.2) is 0 Å². The van der Waals surface area contributed by atoms with Gasteiger partial charge in [0, 0.05) is 62.0 Å². The molecular formula is C19H25ClN2O3. The van der Waals surface area contributed by atoms with Crippen molar-refractivity contribution in [1.82, 2.24) is 4.90 Å². The summed E-state index contributed by atoms with van der Waals surface area (Å²) in [7, 11) is 0. The molecule has 2 N–H and O–H groups in total. The molecular weight excluding hydrogens is 340 g/mol. The van der Waals surface area contributed by atoms with E-state index in [2.05, 4.69) is 0 Å². The number of rotatable bonds is 2. The number of amides is 1. The molecule has 25 heavy (non-hydrogen) atoms. The van der Waals surface area contributed by atoms with Crippen molar-refractivity contribution in [3.63, 3.8) is 0 Å². The van der Waals surface area contributed by atoms with E-state index in [4.69, 9.17) is 26.8 Å². The summed E-state index contributed by atoms with van der Waals surface area (Å²) in [4.78, 5) is 14.1. The topological polar surface area (TPSA) is 64.8 Å². The standard InChI is InChI=1S/C19H25ClN2O3/c20-13-3-4-16-14(12-13)18-15(2-1-11-24-18)19(25-16)6-9-22(10-7-19)17(23)5-8-21/h3-4,12,15,18H,1-2,5-11,21H2/t15-,18+/m0/s1. The maximum atomic E-state index is 12.2. The molecule has 1 spiro atoms. The highest BCUT2D eigenvalue weighted by Gasteiger charge is 2.52. The van der Waals surface area contributed by atoms with E-state index >= 15 is 0 Å². The molecule has 1 aromatic rings. The Balaban J connectivity index is 1.60. The first-order chi connectivity index (χ1) is 12.1. The summed E-state index contributed by atoms with van der Waals surface area (Å²) < 4.78 is 12.7. The van der Waals surface area contributed by atoms with E-state index in [0.717, 1.165) is 56.7 Å². The van der Waals surface area contributed by atoms with Crippen LogP contribution in [0.2, 0.25) is 5.02 Å². The fraction of sp³-hybridized carbons (Fsp3) is 0.632. The van der Waals surface area contributed by atoms with E-state index in [0.29, 0.717) is 23.9 Å². The van der Waals surface area contributed by atoms with Gasteiger partial charge >= 0.3 is 0 Å². The molecule has 1 amide bonds. The predicted molar refractivity (Wildman–Crippen MR) is 95.7 cm³/mol. The van der Waals surface area contributed by atoms with Crippen molar-refractivity contribution >= 4 is 17.5 Å². The number of ether oxygens (including phenoxy) is 2. The number of benzene rings is 1. The normalized spacial score (nSPS) is 27.4. The molecule has 0 radical (unpaired) electrons. The van der Waals surface area contributed by atoms with E-state index in [9.17, 15) is 4.79 Å². The highest BCUT2D eigenvalue weighted by Crippen LogP contribution is 2.53. The van der Waals surface area contributed by atoms with Gasteiger partial charge in [-0.2, -0.15) is 0 Å². The number of halogens is 1. The van der Waals surface area contributed by atoms with Crippen LogP contribution in [-0.2, 0) is 9.53 Å². The summed E-state index contributed by atoms with van der Waals surface area (Å²) in [5.74, 6) is 1.35. The fourth-order valence-corrected chi connectivity index (χ4v) is 4.83. The summed E-state index contributed by atoms with van der Waals surface area (Å²) in [5, 5.41) is 0.716.